The van der Waals surface area contributed by atoms with Crippen LogP contribution in [-0.4, -0.2) is 46.0 Å². The van der Waals surface area contributed by atoms with Gasteiger partial charge in [0, 0.05) is 11.6 Å². The molecule has 1 aliphatic rings. The minimum Gasteiger partial charge on any atom is -0.444 e. The van der Waals surface area contributed by atoms with E-state index in [0.29, 0.717) is 0 Å². The molecule has 2 N–H and O–H groups in total. The van der Waals surface area contributed by atoms with Crippen LogP contribution in [0.3, 0.4) is 0 Å². The Labute approximate surface area is 211 Å². The number of rotatable bonds is 8. The number of amides is 3. The molecule has 7 nitrogen and oxygen atoms in total. The van der Waals surface area contributed by atoms with Crippen LogP contribution in [0, 0.1) is 11.8 Å². The molecule has 1 saturated carbocycles. The van der Waals surface area contributed by atoms with Crippen molar-refractivity contribution in [2.75, 3.05) is 0 Å². The predicted molar refractivity (Wildman–Crippen MR) is 139 cm³/mol. The molecule has 1 aliphatic carbocycles. The lowest BCUT2D eigenvalue weighted by Gasteiger charge is -2.37. The minimum atomic E-state index is -0.822. The molecule has 4 unspecified atom stereocenters. The molecule has 0 heterocycles. The Morgan fingerprint density at radius 3 is 2.00 bits per heavy atom. The van der Waals surface area contributed by atoms with Gasteiger partial charge in [-0.2, -0.15) is 0 Å². The zero-order valence-electron chi connectivity index (χ0n) is 23.2. The van der Waals surface area contributed by atoms with E-state index in [0.717, 1.165) is 24.0 Å². The largest absolute Gasteiger partial charge is 0.444 e. The van der Waals surface area contributed by atoms with Crippen molar-refractivity contribution in [3.63, 3.8) is 0 Å². The van der Waals surface area contributed by atoms with Crippen LogP contribution in [0.4, 0.5) is 4.79 Å². The predicted octanol–water partition coefficient (Wildman–Crippen LogP) is 4.99. The van der Waals surface area contributed by atoms with E-state index in [1.54, 1.807) is 25.7 Å². The van der Waals surface area contributed by atoms with Gasteiger partial charge in [-0.15, -0.1) is 0 Å². The Morgan fingerprint density at radius 1 is 1.06 bits per heavy atom. The van der Waals surface area contributed by atoms with Crippen molar-refractivity contribution in [2.24, 2.45) is 11.8 Å². The highest BCUT2D eigenvalue weighted by Gasteiger charge is 2.49. The first kappa shape index (κ1) is 28.7. The lowest BCUT2D eigenvalue weighted by Crippen LogP contribution is -2.56. The first-order valence-corrected chi connectivity index (χ1v) is 12.8. The topological polar surface area (TPSA) is 87.7 Å². The van der Waals surface area contributed by atoms with Crippen LogP contribution in [0.5, 0.6) is 0 Å². The van der Waals surface area contributed by atoms with Gasteiger partial charge in [-0.25, -0.2) is 4.79 Å². The van der Waals surface area contributed by atoms with Crippen molar-refractivity contribution in [1.82, 2.24) is 15.5 Å². The third kappa shape index (κ3) is 8.25. The fourth-order valence-corrected chi connectivity index (χ4v) is 4.09. The van der Waals surface area contributed by atoms with Crippen LogP contribution >= 0.6 is 0 Å². The smallest absolute Gasteiger partial charge is 0.408 e. The molecule has 1 aromatic carbocycles. The van der Waals surface area contributed by atoms with Gasteiger partial charge in [0.15, 0.2) is 0 Å². The maximum absolute atomic E-state index is 14.1. The van der Waals surface area contributed by atoms with Crippen molar-refractivity contribution in [3.05, 3.63) is 35.4 Å². The molecule has 0 aliphatic heterocycles. The number of carbonyl (C=O) groups is 3. The van der Waals surface area contributed by atoms with Crippen LogP contribution < -0.4 is 10.6 Å². The van der Waals surface area contributed by atoms with Gasteiger partial charge in [0.05, 0.1) is 0 Å². The molecule has 1 aromatic rings. The highest BCUT2D eigenvalue weighted by atomic mass is 16.6. The van der Waals surface area contributed by atoms with Gasteiger partial charge in [0.1, 0.15) is 17.7 Å². The number of alkyl carbamates (subject to hydrolysis) is 1. The van der Waals surface area contributed by atoms with E-state index >= 15 is 0 Å². The fraction of sp³-hybridized carbons (Fsp3) is 0.679. The Bertz CT molecular complexity index is 896. The molecule has 3 amide bonds. The molecule has 0 bridgehead atoms. The SMILES string of the molecule is CCc1ccc(C(C(=O)NC(C)(C)C)N(C(=O)C(NC(=O)OC(C)(C)C)C(C)C)C2CC2C)cc1. The van der Waals surface area contributed by atoms with E-state index in [1.807, 2.05) is 58.9 Å². The maximum Gasteiger partial charge on any atom is 0.408 e. The van der Waals surface area contributed by atoms with E-state index in [1.165, 1.54) is 0 Å². The van der Waals surface area contributed by atoms with Gasteiger partial charge < -0.3 is 20.3 Å². The second kappa shape index (κ2) is 11.0. The van der Waals surface area contributed by atoms with Crippen molar-refractivity contribution in [3.8, 4) is 0 Å². The molecular weight excluding hydrogens is 442 g/mol. The molecule has 7 heteroatoms. The number of carbonyl (C=O) groups excluding carboxylic acids is 3. The van der Waals surface area contributed by atoms with Gasteiger partial charge in [-0.05, 0) is 77.3 Å². The highest BCUT2D eigenvalue weighted by molar-refractivity contribution is 5.93. The Morgan fingerprint density at radius 2 is 1.60 bits per heavy atom. The molecule has 0 saturated heterocycles. The first-order valence-electron chi connectivity index (χ1n) is 12.8. The van der Waals surface area contributed by atoms with Crippen molar-refractivity contribution in [2.45, 2.75) is 111 Å². The average Bonchev–Trinajstić information content (AvgIpc) is 3.42. The summed E-state index contributed by atoms with van der Waals surface area (Å²) in [6.45, 7) is 19.0. The van der Waals surface area contributed by atoms with E-state index in [2.05, 4.69) is 24.5 Å². The molecule has 0 aromatic heterocycles. The summed E-state index contributed by atoms with van der Waals surface area (Å²) in [5, 5.41) is 5.85. The van der Waals surface area contributed by atoms with E-state index in [4.69, 9.17) is 4.74 Å². The van der Waals surface area contributed by atoms with Gasteiger partial charge in [0.2, 0.25) is 11.8 Å². The monoisotopic (exact) mass is 487 g/mol. The summed E-state index contributed by atoms with van der Waals surface area (Å²) in [6.07, 6.45) is 1.06. The van der Waals surface area contributed by atoms with E-state index in [-0.39, 0.29) is 29.7 Å². The number of ether oxygens (including phenoxy) is 1. The third-order valence-electron chi connectivity index (χ3n) is 6.01. The van der Waals surface area contributed by atoms with Crippen LogP contribution in [0.15, 0.2) is 24.3 Å². The minimum absolute atomic E-state index is 0.0780. The maximum atomic E-state index is 14.1. The lowest BCUT2D eigenvalue weighted by atomic mass is 9.96. The summed E-state index contributed by atoms with van der Waals surface area (Å²) in [7, 11) is 0. The molecule has 0 spiro atoms. The number of benzene rings is 1. The highest BCUT2D eigenvalue weighted by Crippen LogP contribution is 2.41. The zero-order valence-corrected chi connectivity index (χ0v) is 23.2. The number of aryl methyl sites for hydroxylation is 1. The van der Waals surface area contributed by atoms with Crippen molar-refractivity contribution in [1.29, 1.82) is 0 Å². The third-order valence-corrected chi connectivity index (χ3v) is 6.01. The summed E-state index contributed by atoms with van der Waals surface area (Å²) in [5.74, 6) is -0.420. The Hall–Kier alpha value is -2.57. The van der Waals surface area contributed by atoms with Crippen LogP contribution in [0.2, 0.25) is 0 Å². The van der Waals surface area contributed by atoms with Crippen molar-refractivity contribution < 1.29 is 19.1 Å². The van der Waals surface area contributed by atoms with Crippen LogP contribution in [0.1, 0.15) is 92.8 Å². The Balaban J connectivity index is 2.50. The number of nitrogens with one attached hydrogen (secondary N) is 2. The first-order chi connectivity index (χ1) is 16.0. The second-order valence-electron chi connectivity index (χ2n) is 12.1. The van der Waals surface area contributed by atoms with Gasteiger partial charge in [-0.1, -0.05) is 52.0 Å². The second-order valence-corrected chi connectivity index (χ2v) is 12.1. The van der Waals surface area contributed by atoms with Gasteiger partial charge in [0.25, 0.3) is 0 Å². The van der Waals surface area contributed by atoms with Crippen LogP contribution in [0.25, 0.3) is 0 Å². The van der Waals surface area contributed by atoms with Gasteiger partial charge in [-0.3, -0.25) is 9.59 Å². The molecule has 35 heavy (non-hydrogen) atoms. The molecule has 0 radical (unpaired) electrons. The van der Waals surface area contributed by atoms with Crippen molar-refractivity contribution >= 4 is 17.9 Å². The quantitative estimate of drug-likeness (QED) is 0.541. The molecule has 196 valence electrons. The normalized spacial score (nSPS) is 19.5. The summed E-state index contributed by atoms with van der Waals surface area (Å²) in [4.78, 5) is 42.1. The summed E-state index contributed by atoms with van der Waals surface area (Å²) < 4.78 is 5.43. The fourth-order valence-electron chi connectivity index (χ4n) is 4.09. The summed E-state index contributed by atoms with van der Waals surface area (Å²) >= 11 is 0. The zero-order chi connectivity index (χ0) is 26.7. The summed E-state index contributed by atoms with van der Waals surface area (Å²) in [6, 6.07) is 6.18. The number of hydrogen-bond acceptors (Lipinski definition) is 4. The Kier molecular flexibility index (Phi) is 9.01. The molecule has 2 rings (SSSR count). The molecule has 1 fully saturated rings. The number of hydrogen-bond donors (Lipinski definition) is 2. The standard InChI is InChI=1S/C28H45N3O4/c1-11-19-12-14-20(15-13-19)23(24(32)30-27(5,6)7)31(21-16-18(21)4)25(33)22(17(2)3)29-26(34)35-28(8,9)10/h12-15,17-18,21-23H,11,16H2,1-10H3,(H,29,34)(H,30,32). The van der Waals surface area contributed by atoms with Crippen LogP contribution in [-0.2, 0) is 20.7 Å². The van der Waals surface area contributed by atoms with E-state index in [9.17, 15) is 14.4 Å². The summed E-state index contributed by atoms with van der Waals surface area (Å²) in [5.41, 5.74) is 0.772. The average molecular weight is 488 g/mol. The van der Waals surface area contributed by atoms with E-state index < -0.39 is 29.3 Å². The molecule has 4 atom stereocenters. The lowest BCUT2D eigenvalue weighted by molar-refractivity contribution is -0.144. The van der Waals surface area contributed by atoms with Gasteiger partial charge >= 0.3 is 6.09 Å². The molecular formula is C28H45N3O4. The number of nitrogens with zero attached hydrogens (tertiary/aromatic N) is 1.